The Labute approximate surface area is 115 Å². The van der Waals surface area contributed by atoms with Crippen molar-refractivity contribution in [3.63, 3.8) is 0 Å². The highest BCUT2D eigenvalue weighted by Gasteiger charge is 2.10. The van der Waals surface area contributed by atoms with E-state index < -0.39 is 17.5 Å². The number of hydrogen-bond donors (Lipinski definition) is 1. The van der Waals surface area contributed by atoms with Gasteiger partial charge in [0.2, 0.25) is 0 Å². The Kier molecular flexibility index (Phi) is 4.63. The molecule has 2 nitrogen and oxygen atoms in total. The molecular formula is C15H14F3NO. The van der Waals surface area contributed by atoms with Gasteiger partial charge in [-0.1, -0.05) is 18.2 Å². The summed E-state index contributed by atoms with van der Waals surface area (Å²) in [5.41, 5.74) is 0.818. The zero-order chi connectivity index (χ0) is 14.5. The van der Waals surface area contributed by atoms with Crippen molar-refractivity contribution in [3.05, 3.63) is 65.0 Å². The van der Waals surface area contributed by atoms with Gasteiger partial charge in [-0.15, -0.1) is 0 Å². The smallest absolute Gasteiger partial charge is 0.165 e. The fraction of sp³-hybridized carbons (Fsp3) is 0.200. The molecule has 5 heteroatoms. The Hall–Kier alpha value is -2.01. The maximum absolute atomic E-state index is 13.7. The van der Waals surface area contributed by atoms with Crippen LogP contribution >= 0.6 is 0 Å². The summed E-state index contributed by atoms with van der Waals surface area (Å²) in [5.74, 6) is -2.45. The van der Waals surface area contributed by atoms with E-state index in [1.807, 2.05) is 0 Å². The van der Waals surface area contributed by atoms with E-state index in [4.69, 9.17) is 4.74 Å². The molecule has 0 radical (unpaired) electrons. The molecule has 0 aromatic heterocycles. The second kappa shape index (κ2) is 6.43. The van der Waals surface area contributed by atoms with Gasteiger partial charge in [0.15, 0.2) is 23.2 Å². The molecule has 2 aromatic carbocycles. The molecular weight excluding hydrogens is 267 g/mol. The van der Waals surface area contributed by atoms with E-state index in [1.165, 1.54) is 24.3 Å². The van der Waals surface area contributed by atoms with Crippen LogP contribution in [0.15, 0.2) is 36.4 Å². The number of rotatable bonds is 5. The molecule has 0 heterocycles. The standard InChI is InChI=1S/C15H14F3NO/c1-19-8-10-5-6-14(13(17)7-10)20-9-11-3-2-4-12(16)15(11)18/h2-7,19H,8-9H2,1H3. The van der Waals surface area contributed by atoms with Gasteiger partial charge < -0.3 is 10.1 Å². The molecule has 0 saturated heterocycles. The molecule has 2 aromatic rings. The van der Waals surface area contributed by atoms with E-state index in [2.05, 4.69) is 5.32 Å². The van der Waals surface area contributed by atoms with Gasteiger partial charge in [-0.3, -0.25) is 0 Å². The lowest BCUT2D eigenvalue weighted by atomic mass is 10.2. The van der Waals surface area contributed by atoms with Gasteiger partial charge in [0.25, 0.3) is 0 Å². The molecule has 20 heavy (non-hydrogen) atoms. The van der Waals surface area contributed by atoms with Crippen LogP contribution in [0, 0.1) is 17.5 Å². The van der Waals surface area contributed by atoms with Crippen molar-refractivity contribution < 1.29 is 17.9 Å². The first-order valence-electron chi connectivity index (χ1n) is 6.10. The molecule has 0 fully saturated rings. The van der Waals surface area contributed by atoms with E-state index in [9.17, 15) is 13.2 Å². The highest BCUT2D eigenvalue weighted by atomic mass is 19.2. The normalized spacial score (nSPS) is 10.6. The molecule has 2 rings (SSSR count). The Balaban J connectivity index is 2.09. The Morgan fingerprint density at radius 2 is 1.85 bits per heavy atom. The minimum atomic E-state index is -0.972. The molecule has 0 atom stereocenters. The average Bonchev–Trinajstić information content (AvgIpc) is 2.42. The van der Waals surface area contributed by atoms with Crippen molar-refractivity contribution in [3.8, 4) is 5.75 Å². The lowest BCUT2D eigenvalue weighted by Crippen LogP contribution is -2.06. The van der Waals surface area contributed by atoms with Crippen LogP contribution in [0.4, 0.5) is 13.2 Å². The Morgan fingerprint density at radius 1 is 1.05 bits per heavy atom. The molecule has 0 unspecified atom stereocenters. The highest BCUT2D eigenvalue weighted by Crippen LogP contribution is 2.21. The van der Waals surface area contributed by atoms with Crippen molar-refractivity contribution in [1.29, 1.82) is 0 Å². The van der Waals surface area contributed by atoms with Gasteiger partial charge in [-0.05, 0) is 30.8 Å². The fourth-order valence-corrected chi connectivity index (χ4v) is 1.79. The van der Waals surface area contributed by atoms with Gasteiger partial charge in [0, 0.05) is 12.1 Å². The van der Waals surface area contributed by atoms with Gasteiger partial charge in [0.05, 0.1) is 0 Å². The summed E-state index contributed by atoms with van der Waals surface area (Å²) in [4.78, 5) is 0. The van der Waals surface area contributed by atoms with E-state index in [-0.39, 0.29) is 17.9 Å². The van der Waals surface area contributed by atoms with Crippen molar-refractivity contribution in [1.82, 2.24) is 5.32 Å². The summed E-state index contributed by atoms with van der Waals surface area (Å²) in [6.07, 6.45) is 0. The Bertz CT molecular complexity index is 602. The zero-order valence-electron chi connectivity index (χ0n) is 10.9. The Morgan fingerprint density at radius 3 is 2.55 bits per heavy atom. The van der Waals surface area contributed by atoms with Crippen LogP contribution in [0.1, 0.15) is 11.1 Å². The molecule has 0 spiro atoms. The van der Waals surface area contributed by atoms with Crippen LogP contribution in [-0.4, -0.2) is 7.05 Å². The summed E-state index contributed by atoms with van der Waals surface area (Å²) < 4.78 is 45.3. The fourth-order valence-electron chi connectivity index (χ4n) is 1.79. The molecule has 0 saturated carbocycles. The topological polar surface area (TPSA) is 21.3 Å². The van der Waals surface area contributed by atoms with Crippen molar-refractivity contribution in [2.24, 2.45) is 0 Å². The maximum atomic E-state index is 13.7. The average molecular weight is 281 g/mol. The SMILES string of the molecule is CNCc1ccc(OCc2cccc(F)c2F)c(F)c1. The van der Waals surface area contributed by atoms with E-state index in [1.54, 1.807) is 13.1 Å². The molecule has 0 aliphatic carbocycles. The third-order valence-corrected chi connectivity index (χ3v) is 2.79. The predicted molar refractivity (Wildman–Crippen MR) is 69.9 cm³/mol. The van der Waals surface area contributed by atoms with Crippen LogP contribution in [0.2, 0.25) is 0 Å². The molecule has 0 bridgehead atoms. The minimum absolute atomic E-state index is 0.00788. The van der Waals surface area contributed by atoms with Crippen LogP contribution in [0.3, 0.4) is 0 Å². The lowest BCUT2D eigenvalue weighted by Gasteiger charge is -2.09. The van der Waals surface area contributed by atoms with Gasteiger partial charge >= 0.3 is 0 Å². The molecule has 1 N–H and O–H groups in total. The third kappa shape index (κ3) is 3.30. The summed E-state index contributed by atoms with van der Waals surface area (Å²) in [6.45, 7) is 0.307. The monoisotopic (exact) mass is 281 g/mol. The van der Waals surface area contributed by atoms with E-state index in [0.717, 1.165) is 11.6 Å². The third-order valence-electron chi connectivity index (χ3n) is 2.79. The summed E-state index contributed by atoms with van der Waals surface area (Å²) >= 11 is 0. The highest BCUT2D eigenvalue weighted by molar-refractivity contribution is 5.30. The van der Waals surface area contributed by atoms with Gasteiger partial charge in [0.1, 0.15) is 6.61 Å². The first-order valence-corrected chi connectivity index (χ1v) is 6.10. The van der Waals surface area contributed by atoms with Gasteiger partial charge in [-0.25, -0.2) is 13.2 Å². The second-order valence-electron chi connectivity index (χ2n) is 4.30. The van der Waals surface area contributed by atoms with E-state index in [0.29, 0.717) is 6.54 Å². The molecule has 0 amide bonds. The lowest BCUT2D eigenvalue weighted by molar-refractivity contribution is 0.282. The van der Waals surface area contributed by atoms with Crippen molar-refractivity contribution in [2.75, 3.05) is 7.05 Å². The second-order valence-corrected chi connectivity index (χ2v) is 4.30. The largest absolute Gasteiger partial charge is 0.486 e. The van der Waals surface area contributed by atoms with Crippen molar-refractivity contribution in [2.45, 2.75) is 13.2 Å². The van der Waals surface area contributed by atoms with Crippen LogP contribution in [-0.2, 0) is 13.2 Å². The number of ether oxygens (including phenoxy) is 1. The number of benzene rings is 2. The quantitative estimate of drug-likeness (QED) is 0.907. The summed E-state index contributed by atoms with van der Waals surface area (Å²) in [7, 11) is 1.76. The minimum Gasteiger partial charge on any atom is -0.486 e. The predicted octanol–water partition coefficient (Wildman–Crippen LogP) is 3.40. The van der Waals surface area contributed by atoms with Gasteiger partial charge in [-0.2, -0.15) is 0 Å². The van der Waals surface area contributed by atoms with Crippen LogP contribution in [0.25, 0.3) is 0 Å². The number of nitrogens with one attached hydrogen (secondary N) is 1. The summed E-state index contributed by atoms with van der Waals surface area (Å²) in [5, 5.41) is 2.90. The number of halogens is 3. The van der Waals surface area contributed by atoms with Crippen LogP contribution in [0.5, 0.6) is 5.75 Å². The molecule has 0 aliphatic heterocycles. The first-order chi connectivity index (χ1) is 9.61. The van der Waals surface area contributed by atoms with Crippen LogP contribution < -0.4 is 10.1 Å². The molecule has 106 valence electrons. The van der Waals surface area contributed by atoms with E-state index >= 15 is 0 Å². The summed E-state index contributed by atoms with van der Waals surface area (Å²) in [6, 6.07) is 8.31. The number of hydrogen-bond acceptors (Lipinski definition) is 2. The molecule has 0 aliphatic rings. The maximum Gasteiger partial charge on any atom is 0.165 e. The van der Waals surface area contributed by atoms with Crippen molar-refractivity contribution >= 4 is 0 Å². The first kappa shape index (κ1) is 14.4. The zero-order valence-corrected chi connectivity index (χ0v) is 10.9.